The molecule has 0 unspecified atom stereocenters. The molecule has 114 valence electrons. The van der Waals surface area contributed by atoms with Crippen molar-refractivity contribution in [1.29, 1.82) is 0 Å². The van der Waals surface area contributed by atoms with Gasteiger partial charge in [-0.25, -0.2) is 4.79 Å². The van der Waals surface area contributed by atoms with Gasteiger partial charge in [-0.05, 0) is 26.3 Å². The highest BCUT2D eigenvalue weighted by Crippen LogP contribution is 2.06. The topological polar surface area (TPSA) is 64.6 Å². The lowest BCUT2D eigenvalue weighted by Gasteiger charge is -2.18. The molecule has 0 aromatic heterocycles. The molecule has 1 aromatic rings. The number of benzene rings is 1. The fourth-order valence-corrected chi connectivity index (χ4v) is 1.39. The van der Waals surface area contributed by atoms with Crippen LogP contribution in [0.2, 0.25) is 0 Å². The van der Waals surface area contributed by atoms with Crippen LogP contribution in [0.5, 0.6) is 0 Å². The lowest BCUT2D eigenvalue weighted by atomic mass is 10.2. The Morgan fingerprint density at radius 3 is 2.48 bits per heavy atom. The zero-order chi connectivity index (χ0) is 15.7. The summed E-state index contributed by atoms with van der Waals surface area (Å²) >= 11 is 0. The Hall–Kier alpha value is -2.30. The SMILES string of the molecule is CC(C)(C)OC(=O)N/C=C/CC(=O)OCc1ccccc1. The molecular formula is C16H21NO4. The minimum atomic E-state index is -0.559. The number of rotatable bonds is 5. The maximum Gasteiger partial charge on any atom is 0.411 e. The molecule has 0 spiro atoms. The Morgan fingerprint density at radius 2 is 1.86 bits per heavy atom. The molecule has 0 radical (unpaired) electrons. The second-order valence-electron chi connectivity index (χ2n) is 5.40. The van der Waals surface area contributed by atoms with Gasteiger partial charge in [-0.3, -0.25) is 10.1 Å². The number of carbonyl (C=O) groups is 2. The van der Waals surface area contributed by atoms with Crippen LogP contribution in [0.1, 0.15) is 32.8 Å². The minimum Gasteiger partial charge on any atom is -0.461 e. The van der Waals surface area contributed by atoms with Gasteiger partial charge in [0.25, 0.3) is 0 Å². The van der Waals surface area contributed by atoms with Crippen molar-refractivity contribution < 1.29 is 19.1 Å². The molecule has 1 amide bonds. The van der Waals surface area contributed by atoms with Gasteiger partial charge < -0.3 is 9.47 Å². The summed E-state index contributed by atoms with van der Waals surface area (Å²) in [6.45, 7) is 5.57. The number of esters is 1. The van der Waals surface area contributed by atoms with Crippen LogP contribution in [-0.2, 0) is 20.9 Å². The van der Waals surface area contributed by atoms with E-state index in [1.165, 1.54) is 12.3 Å². The van der Waals surface area contributed by atoms with Crippen LogP contribution in [0, 0.1) is 0 Å². The van der Waals surface area contributed by atoms with Gasteiger partial charge in [-0.15, -0.1) is 0 Å². The molecule has 0 aliphatic carbocycles. The Balaban J connectivity index is 2.21. The summed E-state index contributed by atoms with van der Waals surface area (Å²) < 4.78 is 10.1. The number of ether oxygens (including phenoxy) is 2. The van der Waals surface area contributed by atoms with Crippen molar-refractivity contribution in [3.05, 3.63) is 48.2 Å². The van der Waals surface area contributed by atoms with Gasteiger partial charge in [0.05, 0.1) is 6.42 Å². The van der Waals surface area contributed by atoms with Crippen molar-refractivity contribution in [2.45, 2.75) is 39.4 Å². The highest BCUT2D eigenvalue weighted by molar-refractivity contribution is 5.72. The van der Waals surface area contributed by atoms with Crippen molar-refractivity contribution in [3.8, 4) is 0 Å². The molecule has 0 bridgehead atoms. The van der Waals surface area contributed by atoms with Crippen molar-refractivity contribution in [2.24, 2.45) is 0 Å². The van der Waals surface area contributed by atoms with E-state index in [4.69, 9.17) is 9.47 Å². The van der Waals surface area contributed by atoms with Crippen LogP contribution in [0.15, 0.2) is 42.6 Å². The molecule has 5 heteroatoms. The second-order valence-corrected chi connectivity index (χ2v) is 5.40. The first-order valence-electron chi connectivity index (χ1n) is 6.71. The molecule has 0 heterocycles. The monoisotopic (exact) mass is 291 g/mol. The lowest BCUT2D eigenvalue weighted by Crippen LogP contribution is -2.29. The molecule has 1 rings (SSSR count). The van der Waals surface area contributed by atoms with Crippen molar-refractivity contribution in [2.75, 3.05) is 0 Å². The standard InChI is InChI=1S/C16H21NO4/c1-16(2,3)21-15(19)17-11-7-10-14(18)20-12-13-8-5-4-6-9-13/h4-9,11H,10,12H2,1-3H3,(H,17,19)/b11-7+. The van der Waals surface area contributed by atoms with Crippen LogP contribution in [0.4, 0.5) is 4.79 Å². The first-order valence-corrected chi connectivity index (χ1v) is 6.71. The summed E-state index contributed by atoms with van der Waals surface area (Å²) in [5.74, 6) is -0.360. The van der Waals surface area contributed by atoms with E-state index in [0.29, 0.717) is 0 Å². The van der Waals surface area contributed by atoms with Crippen molar-refractivity contribution in [1.82, 2.24) is 5.32 Å². The van der Waals surface area contributed by atoms with E-state index < -0.39 is 11.7 Å². The second kappa shape index (κ2) is 8.09. The van der Waals surface area contributed by atoms with Crippen LogP contribution in [-0.4, -0.2) is 17.7 Å². The molecule has 0 aliphatic heterocycles. The molecule has 1 N–H and O–H groups in total. The highest BCUT2D eigenvalue weighted by atomic mass is 16.6. The number of hydrogen-bond acceptors (Lipinski definition) is 4. The summed E-state index contributed by atoms with van der Waals surface area (Å²) in [5, 5.41) is 2.42. The molecule has 0 fully saturated rings. The summed E-state index contributed by atoms with van der Waals surface area (Å²) in [6.07, 6.45) is 2.41. The number of hydrogen-bond donors (Lipinski definition) is 1. The predicted molar refractivity (Wildman–Crippen MR) is 79.4 cm³/mol. The van der Waals surface area contributed by atoms with Crippen LogP contribution in [0.3, 0.4) is 0 Å². The Bertz CT molecular complexity index is 489. The first kappa shape index (κ1) is 16.8. The van der Waals surface area contributed by atoms with Gasteiger partial charge in [-0.1, -0.05) is 36.4 Å². The molecule has 0 saturated carbocycles. The van der Waals surface area contributed by atoms with E-state index in [2.05, 4.69) is 5.32 Å². The van der Waals surface area contributed by atoms with E-state index in [1.807, 2.05) is 30.3 Å². The predicted octanol–water partition coefficient (Wildman–Crippen LogP) is 3.16. The number of amides is 1. The third-order valence-electron chi connectivity index (χ3n) is 2.25. The van der Waals surface area contributed by atoms with Gasteiger partial charge in [0.1, 0.15) is 12.2 Å². The van der Waals surface area contributed by atoms with E-state index in [9.17, 15) is 9.59 Å². The van der Waals surface area contributed by atoms with Gasteiger partial charge in [0, 0.05) is 6.20 Å². The first-order chi connectivity index (χ1) is 9.87. The van der Waals surface area contributed by atoms with Gasteiger partial charge >= 0.3 is 12.1 Å². The van der Waals surface area contributed by atoms with Crippen LogP contribution < -0.4 is 5.32 Å². The third-order valence-corrected chi connectivity index (χ3v) is 2.25. The average Bonchev–Trinajstić information content (AvgIpc) is 2.40. The number of carbonyl (C=O) groups excluding carboxylic acids is 2. The zero-order valence-electron chi connectivity index (χ0n) is 12.6. The molecule has 5 nitrogen and oxygen atoms in total. The summed E-state index contributed by atoms with van der Waals surface area (Å²) in [5.41, 5.74) is 0.383. The van der Waals surface area contributed by atoms with Gasteiger partial charge in [0.15, 0.2) is 0 Å². The Labute approximate surface area is 124 Å². The molecule has 0 aliphatic rings. The minimum absolute atomic E-state index is 0.0859. The highest BCUT2D eigenvalue weighted by Gasteiger charge is 2.14. The number of nitrogens with one attached hydrogen (secondary N) is 1. The van der Waals surface area contributed by atoms with Crippen LogP contribution >= 0.6 is 0 Å². The molecule has 21 heavy (non-hydrogen) atoms. The fraction of sp³-hybridized carbons (Fsp3) is 0.375. The Kier molecular flexibility index (Phi) is 6.46. The van der Waals surface area contributed by atoms with Crippen molar-refractivity contribution in [3.63, 3.8) is 0 Å². The maximum atomic E-state index is 11.5. The maximum absolute atomic E-state index is 11.5. The van der Waals surface area contributed by atoms with Gasteiger partial charge in [-0.2, -0.15) is 0 Å². The Morgan fingerprint density at radius 1 is 1.19 bits per heavy atom. The molecule has 0 saturated heterocycles. The number of alkyl carbamates (subject to hydrolysis) is 1. The van der Waals surface area contributed by atoms with Gasteiger partial charge in [0.2, 0.25) is 0 Å². The van der Waals surface area contributed by atoms with Crippen LogP contribution in [0.25, 0.3) is 0 Å². The molecular weight excluding hydrogens is 270 g/mol. The van der Waals surface area contributed by atoms with Crippen molar-refractivity contribution >= 4 is 12.1 Å². The van der Waals surface area contributed by atoms with E-state index in [-0.39, 0.29) is 19.0 Å². The quantitative estimate of drug-likeness (QED) is 0.846. The summed E-state index contributed by atoms with van der Waals surface area (Å²) in [4.78, 5) is 22.8. The third kappa shape index (κ3) is 8.47. The largest absolute Gasteiger partial charge is 0.461 e. The fourth-order valence-electron chi connectivity index (χ4n) is 1.39. The molecule has 0 atom stereocenters. The molecule has 1 aromatic carbocycles. The smallest absolute Gasteiger partial charge is 0.411 e. The van der Waals surface area contributed by atoms with E-state index in [0.717, 1.165) is 5.56 Å². The van der Waals surface area contributed by atoms with E-state index >= 15 is 0 Å². The summed E-state index contributed by atoms with van der Waals surface area (Å²) in [6, 6.07) is 9.43. The average molecular weight is 291 g/mol. The normalized spacial score (nSPS) is 11.2. The lowest BCUT2D eigenvalue weighted by molar-refractivity contribution is -0.143. The summed E-state index contributed by atoms with van der Waals surface area (Å²) in [7, 11) is 0. The zero-order valence-corrected chi connectivity index (χ0v) is 12.6. The van der Waals surface area contributed by atoms with E-state index in [1.54, 1.807) is 20.8 Å².